The van der Waals surface area contributed by atoms with Crippen molar-refractivity contribution < 1.29 is 20.4 Å². The maximum Gasteiger partial charge on any atom is 0.157 e. The van der Waals surface area contributed by atoms with Crippen molar-refractivity contribution in [3.8, 4) is 11.5 Å². The first-order chi connectivity index (χ1) is 8.02. The maximum absolute atomic E-state index is 9.66. The quantitative estimate of drug-likeness (QED) is 0.569. The van der Waals surface area contributed by atoms with Crippen LogP contribution < -0.4 is 0 Å². The zero-order valence-electron chi connectivity index (χ0n) is 10.0. The highest BCUT2D eigenvalue weighted by Gasteiger charge is 2.10. The molecule has 0 amide bonds. The van der Waals surface area contributed by atoms with Crippen LogP contribution in [0.4, 0.5) is 0 Å². The molecular weight excluding hydrogens is 220 g/mol. The standard InChI is InChI=1S/C13H20O4/c1-2-10(14)8-11(15)5-3-9-4-6-12(16)13(17)7-9/h4,6-7,10-11,14-17H,2-3,5,8H2,1H3. The van der Waals surface area contributed by atoms with E-state index in [-0.39, 0.29) is 11.5 Å². The van der Waals surface area contributed by atoms with Crippen LogP contribution in [0.1, 0.15) is 31.7 Å². The zero-order valence-corrected chi connectivity index (χ0v) is 10.0. The Kier molecular flexibility index (Phi) is 5.25. The van der Waals surface area contributed by atoms with Gasteiger partial charge in [0.2, 0.25) is 0 Å². The van der Waals surface area contributed by atoms with E-state index in [2.05, 4.69) is 0 Å². The van der Waals surface area contributed by atoms with Gasteiger partial charge in [-0.2, -0.15) is 0 Å². The predicted octanol–water partition coefficient (Wildman–Crippen LogP) is 1.55. The van der Waals surface area contributed by atoms with Crippen molar-refractivity contribution in [2.75, 3.05) is 0 Å². The van der Waals surface area contributed by atoms with Crippen LogP contribution in [-0.2, 0) is 6.42 Å². The van der Waals surface area contributed by atoms with E-state index in [9.17, 15) is 15.3 Å². The van der Waals surface area contributed by atoms with Crippen LogP contribution in [0.15, 0.2) is 18.2 Å². The molecule has 96 valence electrons. The van der Waals surface area contributed by atoms with Gasteiger partial charge in [-0.25, -0.2) is 0 Å². The summed E-state index contributed by atoms with van der Waals surface area (Å²) in [5, 5.41) is 37.5. The van der Waals surface area contributed by atoms with Gasteiger partial charge in [0.15, 0.2) is 11.5 Å². The third kappa shape index (κ3) is 4.63. The van der Waals surface area contributed by atoms with E-state index in [1.54, 1.807) is 6.07 Å². The van der Waals surface area contributed by atoms with Gasteiger partial charge in [0.25, 0.3) is 0 Å². The Labute approximate surface area is 101 Å². The minimum Gasteiger partial charge on any atom is -0.504 e. The molecule has 0 fully saturated rings. The molecule has 0 saturated carbocycles. The average Bonchev–Trinajstić information content (AvgIpc) is 2.30. The summed E-state index contributed by atoms with van der Waals surface area (Å²) in [7, 11) is 0. The molecule has 0 aliphatic heterocycles. The monoisotopic (exact) mass is 240 g/mol. The first-order valence-corrected chi connectivity index (χ1v) is 5.90. The second-order valence-electron chi connectivity index (χ2n) is 4.31. The van der Waals surface area contributed by atoms with Gasteiger partial charge in [0.05, 0.1) is 12.2 Å². The molecule has 0 saturated heterocycles. The Bertz CT molecular complexity index is 351. The van der Waals surface area contributed by atoms with E-state index < -0.39 is 12.2 Å². The molecule has 1 aromatic rings. The van der Waals surface area contributed by atoms with Crippen molar-refractivity contribution in [2.24, 2.45) is 0 Å². The van der Waals surface area contributed by atoms with Gasteiger partial charge in [0, 0.05) is 0 Å². The Morgan fingerprint density at radius 2 is 1.76 bits per heavy atom. The number of hydrogen-bond acceptors (Lipinski definition) is 4. The van der Waals surface area contributed by atoms with Crippen molar-refractivity contribution in [1.29, 1.82) is 0 Å². The number of aromatic hydroxyl groups is 2. The third-order valence-corrected chi connectivity index (χ3v) is 2.82. The summed E-state index contributed by atoms with van der Waals surface area (Å²) >= 11 is 0. The van der Waals surface area contributed by atoms with E-state index in [4.69, 9.17) is 5.11 Å². The van der Waals surface area contributed by atoms with E-state index >= 15 is 0 Å². The van der Waals surface area contributed by atoms with Gasteiger partial charge >= 0.3 is 0 Å². The smallest absolute Gasteiger partial charge is 0.157 e. The second kappa shape index (κ2) is 6.47. The molecule has 4 nitrogen and oxygen atoms in total. The van der Waals surface area contributed by atoms with Crippen LogP contribution in [0, 0.1) is 0 Å². The molecule has 1 aromatic carbocycles. The van der Waals surface area contributed by atoms with Gasteiger partial charge in [-0.05, 0) is 43.4 Å². The van der Waals surface area contributed by atoms with E-state index in [0.717, 1.165) is 5.56 Å². The minimum atomic E-state index is -0.541. The Morgan fingerprint density at radius 1 is 1.06 bits per heavy atom. The lowest BCUT2D eigenvalue weighted by molar-refractivity contribution is 0.0739. The molecule has 17 heavy (non-hydrogen) atoms. The van der Waals surface area contributed by atoms with Crippen LogP contribution in [0.5, 0.6) is 11.5 Å². The fraction of sp³-hybridized carbons (Fsp3) is 0.538. The summed E-state index contributed by atoms with van der Waals surface area (Å²) in [6.45, 7) is 1.87. The number of aliphatic hydroxyl groups excluding tert-OH is 2. The lowest BCUT2D eigenvalue weighted by atomic mass is 10.0. The first kappa shape index (κ1) is 13.8. The van der Waals surface area contributed by atoms with Crippen molar-refractivity contribution in [2.45, 2.75) is 44.8 Å². The van der Waals surface area contributed by atoms with Gasteiger partial charge in [0.1, 0.15) is 0 Å². The molecule has 0 heterocycles. The highest BCUT2D eigenvalue weighted by Crippen LogP contribution is 2.25. The molecule has 4 N–H and O–H groups in total. The highest BCUT2D eigenvalue weighted by molar-refractivity contribution is 5.40. The molecule has 0 spiro atoms. The molecule has 4 heteroatoms. The Morgan fingerprint density at radius 3 is 2.35 bits per heavy atom. The summed E-state index contributed by atoms with van der Waals surface area (Å²) in [5.41, 5.74) is 0.852. The number of hydrogen-bond donors (Lipinski definition) is 4. The van der Waals surface area contributed by atoms with Crippen molar-refractivity contribution in [3.63, 3.8) is 0 Å². The lowest BCUT2D eigenvalue weighted by Gasteiger charge is -2.14. The van der Waals surface area contributed by atoms with Crippen molar-refractivity contribution in [1.82, 2.24) is 0 Å². The largest absolute Gasteiger partial charge is 0.504 e. The average molecular weight is 240 g/mol. The predicted molar refractivity (Wildman–Crippen MR) is 65.0 cm³/mol. The number of phenols is 2. The second-order valence-corrected chi connectivity index (χ2v) is 4.31. The van der Waals surface area contributed by atoms with Crippen LogP contribution in [0.25, 0.3) is 0 Å². The molecule has 0 aliphatic carbocycles. The number of aliphatic hydroxyl groups is 2. The normalized spacial score (nSPS) is 14.5. The number of rotatable bonds is 6. The first-order valence-electron chi connectivity index (χ1n) is 5.90. The van der Waals surface area contributed by atoms with Crippen molar-refractivity contribution >= 4 is 0 Å². The lowest BCUT2D eigenvalue weighted by Crippen LogP contribution is -2.17. The highest BCUT2D eigenvalue weighted by atomic mass is 16.3. The number of phenolic OH excluding ortho intramolecular Hbond substituents is 2. The molecule has 0 aromatic heterocycles. The molecule has 1 rings (SSSR count). The molecule has 0 bridgehead atoms. The van der Waals surface area contributed by atoms with Gasteiger partial charge in [-0.3, -0.25) is 0 Å². The fourth-order valence-electron chi connectivity index (χ4n) is 1.66. The fourth-order valence-corrected chi connectivity index (χ4v) is 1.66. The van der Waals surface area contributed by atoms with Crippen LogP contribution in [0.2, 0.25) is 0 Å². The summed E-state index contributed by atoms with van der Waals surface area (Å²) in [5.74, 6) is -0.290. The summed E-state index contributed by atoms with van der Waals surface area (Å²) < 4.78 is 0. The molecular formula is C13H20O4. The van der Waals surface area contributed by atoms with Gasteiger partial charge < -0.3 is 20.4 Å². The summed E-state index contributed by atoms with van der Waals surface area (Å²) in [4.78, 5) is 0. The minimum absolute atomic E-state index is 0.143. The SMILES string of the molecule is CCC(O)CC(O)CCc1ccc(O)c(O)c1. The van der Waals surface area contributed by atoms with E-state index in [0.29, 0.717) is 25.7 Å². The Balaban J connectivity index is 2.42. The Hall–Kier alpha value is -1.26. The van der Waals surface area contributed by atoms with E-state index in [1.165, 1.54) is 12.1 Å². The van der Waals surface area contributed by atoms with Crippen molar-refractivity contribution in [3.05, 3.63) is 23.8 Å². The van der Waals surface area contributed by atoms with Crippen LogP contribution in [0.3, 0.4) is 0 Å². The van der Waals surface area contributed by atoms with Gasteiger partial charge in [-0.1, -0.05) is 13.0 Å². The van der Waals surface area contributed by atoms with Gasteiger partial charge in [-0.15, -0.1) is 0 Å². The zero-order chi connectivity index (χ0) is 12.8. The van der Waals surface area contributed by atoms with Crippen LogP contribution in [-0.4, -0.2) is 32.6 Å². The summed E-state index contributed by atoms with van der Waals surface area (Å²) in [6.07, 6.45) is 1.14. The molecule has 2 atom stereocenters. The molecule has 0 aliphatic rings. The number of aryl methyl sites for hydroxylation is 1. The van der Waals surface area contributed by atoms with Crippen LogP contribution >= 0.6 is 0 Å². The molecule has 2 unspecified atom stereocenters. The topological polar surface area (TPSA) is 80.9 Å². The third-order valence-electron chi connectivity index (χ3n) is 2.82. The maximum atomic E-state index is 9.66. The summed E-state index contributed by atoms with van der Waals surface area (Å²) in [6, 6.07) is 4.62. The molecule has 0 radical (unpaired) electrons. The van der Waals surface area contributed by atoms with E-state index in [1.807, 2.05) is 6.92 Å². The number of benzene rings is 1.